The number of aromatic amines is 1. The molecule has 18 heavy (non-hydrogen) atoms. The van der Waals surface area contributed by atoms with E-state index in [2.05, 4.69) is 16.9 Å². The van der Waals surface area contributed by atoms with Gasteiger partial charge in [0.15, 0.2) is 0 Å². The topological polar surface area (TPSA) is 28.7 Å². The highest BCUT2D eigenvalue weighted by Crippen LogP contribution is 2.11. The van der Waals surface area contributed by atoms with Crippen LogP contribution in [0.1, 0.15) is 77.0 Å². The van der Waals surface area contributed by atoms with Crippen molar-refractivity contribution in [3.8, 4) is 0 Å². The van der Waals surface area contributed by atoms with Crippen molar-refractivity contribution >= 4 is 17.0 Å². The van der Waals surface area contributed by atoms with Gasteiger partial charge in [-0.15, -0.1) is 17.0 Å². The van der Waals surface area contributed by atoms with Crippen LogP contribution in [0, 0.1) is 0 Å². The first-order valence-electron chi connectivity index (χ1n) is 7.41. The summed E-state index contributed by atoms with van der Waals surface area (Å²) < 4.78 is 0. The van der Waals surface area contributed by atoms with Crippen LogP contribution in [0.15, 0.2) is 12.4 Å². The standard InChI is InChI=1S/C15H28N2.BrH/c1-2-3-4-5-6-7-8-9-10-11-12-15-16-13-14-17-15;/h13-14H,2-12H2,1H3,(H,16,17);1H. The van der Waals surface area contributed by atoms with E-state index in [4.69, 9.17) is 0 Å². The molecule has 1 aromatic heterocycles. The summed E-state index contributed by atoms with van der Waals surface area (Å²) in [5.41, 5.74) is 0. The fraction of sp³-hybridized carbons (Fsp3) is 0.800. The van der Waals surface area contributed by atoms with Gasteiger partial charge in [-0.05, 0) is 6.42 Å². The first-order chi connectivity index (χ1) is 8.43. The van der Waals surface area contributed by atoms with Crippen LogP contribution in [-0.4, -0.2) is 9.97 Å². The van der Waals surface area contributed by atoms with Gasteiger partial charge in [-0.1, -0.05) is 64.7 Å². The van der Waals surface area contributed by atoms with E-state index in [1.165, 1.54) is 64.2 Å². The molecule has 1 heterocycles. The Morgan fingerprint density at radius 3 is 1.94 bits per heavy atom. The van der Waals surface area contributed by atoms with Crippen molar-refractivity contribution < 1.29 is 0 Å². The molecule has 0 atom stereocenters. The lowest BCUT2D eigenvalue weighted by Crippen LogP contribution is -1.88. The Labute approximate surface area is 123 Å². The van der Waals surface area contributed by atoms with E-state index in [1.54, 1.807) is 0 Å². The number of H-pyrrole nitrogens is 1. The highest BCUT2D eigenvalue weighted by Gasteiger charge is 1.95. The molecule has 0 saturated carbocycles. The third kappa shape index (κ3) is 9.69. The number of aromatic nitrogens is 2. The minimum atomic E-state index is 0. The lowest BCUT2D eigenvalue weighted by atomic mass is 10.1. The average molecular weight is 317 g/mol. The SMILES string of the molecule is Br.CCCCCCCCCCCCc1ncc[nH]1. The quantitative estimate of drug-likeness (QED) is 0.540. The molecule has 0 radical (unpaired) electrons. The van der Waals surface area contributed by atoms with Gasteiger partial charge in [0.2, 0.25) is 0 Å². The maximum absolute atomic E-state index is 4.24. The molecular weight excluding hydrogens is 288 g/mol. The van der Waals surface area contributed by atoms with E-state index >= 15 is 0 Å². The minimum absolute atomic E-state index is 0. The molecule has 0 aromatic carbocycles. The van der Waals surface area contributed by atoms with Crippen LogP contribution in [0.2, 0.25) is 0 Å². The molecule has 0 saturated heterocycles. The van der Waals surface area contributed by atoms with Crippen molar-refractivity contribution in [2.45, 2.75) is 77.6 Å². The molecule has 0 aliphatic heterocycles. The van der Waals surface area contributed by atoms with Gasteiger partial charge in [0.25, 0.3) is 0 Å². The third-order valence-corrected chi connectivity index (χ3v) is 3.32. The zero-order valence-corrected chi connectivity index (χ0v) is 13.5. The van der Waals surface area contributed by atoms with Gasteiger partial charge in [0.1, 0.15) is 5.82 Å². The van der Waals surface area contributed by atoms with Crippen molar-refractivity contribution in [2.75, 3.05) is 0 Å². The van der Waals surface area contributed by atoms with Crippen LogP contribution < -0.4 is 0 Å². The summed E-state index contributed by atoms with van der Waals surface area (Å²) in [4.78, 5) is 7.39. The van der Waals surface area contributed by atoms with Gasteiger partial charge in [0, 0.05) is 18.8 Å². The Bertz CT molecular complexity index is 247. The molecule has 1 aromatic rings. The number of rotatable bonds is 11. The first kappa shape index (κ1) is 17.7. The maximum Gasteiger partial charge on any atom is 0.105 e. The second kappa shape index (κ2) is 13.1. The summed E-state index contributed by atoms with van der Waals surface area (Å²) in [6.07, 6.45) is 18.9. The largest absolute Gasteiger partial charge is 0.349 e. The van der Waals surface area contributed by atoms with Crippen molar-refractivity contribution in [1.82, 2.24) is 9.97 Å². The lowest BCUT2D eigenvalue weighted by Gasteiger charge is -2.01. The van der Waals surface area contributed by atoms with Crippen LogP contribution in [0.4, 0.5) is 0 Å². The molecular formula is C15H29BrN2. The molecule has 0 spiro atoms. The third-order valence-electron chi connectivity index (χ3n) is 3.32. The van der Waals surface area contributed by atoms with Crippen LogP contribution in [0.3, 0.4) is 0 Å². The van der Waals surface area contributed by atoms with Gasteiger partial charge >= 0.3 is 0 Å². The maximum atomic E-state index is 4.24. The van der Waals surface area contributed by atoms with Gasteiger partial charge in [0.05, 0.1) is 0 Å². The summed E-state index contributed by atoms with van der Waals surface area (Å²) >= 11 is 0. The Hall–Kier alpha value is -0.310. The predicted octanol–water partition coefficient (Wildman–Crippen LogP) is 5.45. The fourth-order valence-corrected chi connectivity index (χ4v) is 2.21. The molecule has 1 N–H and O–H groups in total. The minimum Gasteiger partial charge on any atom is -0.349 e. The normalized spacial score (nSPS) is 10.3. The summed E-state index contributed by atoms with van der Waals surface area (Å²) in [7, 11) is 0. The van der Waals surface area contributed by atoms with Gasteiger partial charge < -0.3 is 4.98 Å². The molecule has 0 bridgehead atoms. The molecule has 0 aliphatic rings. The van der Waals surface area contributed by atoms with E-state index in [9.17, 15) is 0 Å². The number of hydrogen-bond acceptors (Lipinski definition) is 1. The van der Waals surface area contributed by atoms with E-state index in [-0.39, 0.29) is 17.0 Å². The van der Waals surface area contributed by atoms with Crippen LogP contribution >= 0.6 is 17.0 Å². The summed E-state index contributed by atoms with van der Waals surface area (Å²) in [6.45, 7) is 2.28. The van der Waals surface area contributed by atoms with Crippen molar-refractivity contribution in [3.63, 3.8) is 0 Å². The molecule has 0 unspecified atom stereocenters. The number of imidazole rings is 1. The predicted molar refractivity (Wildman–Crippen MR) is 84.5 cm³/mol. The van der Waals surface area contributed by atoms with Gasteiger partial charge in [-0.25, -0.2) is 4.98 Å². The first-order valence-corrected chi connectivity index (χ1v) is 7.41. The molecule has 106 valence electrons. The summed E-state index contributed by atoms with van der Waals surface area (Å²) in [5, 5.41) is 0. The summed E-state index contributed by atoms with van der Waals surface area (Å²) in [5.74, 6) is 1.14. The van der Waals surface area contributed by atoms with Gasteiger partial charge in [-0.3, -0.25) is 0 Å². The number of halogens is 1. The highest BCUT2D eigenvalue weighted by atomic mass is 79.9. The molecule has 0 amide bonds. The smallest absolute Gasteiger partial charge is 0.105 e. The van der Waals surface area contributed by atoms with E-state index < -0.39 is 0 Å². The number of unbranched alkanes of at least 4 members (excludes halogenated alkanes) is 9. The molecule has 0 aliphatic carbocycles. The molecule has 2 nitrogen and oxygen atoms in total. The Balaban J connectivity index is 0.00000289. The van der Waals surface area contributed by atoms with Crippen molar-refractivity contribution in [2.24, 2.45) is 0 Å². The van der Waals surface area contributed by atoms with Crippen LogP contribution in [0.25, 0.3) is 0 Å². The Morgan fingerprint density at radius 2 is 1.44 bits per heavy atom. The second-order valence-electron chi connectivity index (χ2n) is 4.97. The van der Waals surface area contributed by atoms with Crippen molar-refractivity contribution in [3.05, 3.63) is 18.2 Å². The van der Waals surface area contributed by atoms with E-state index in [1.807, 2.05) is 12.4 Å². The molecule has 0 fully saturated rings. The monoisotopic (exact) mass is 316 g/mol. The summed E-state index contributed by atoms with van der Waals surface area (Å²) in [6, 6.07) is 0. The molecule has 1 rings (SSSR count). The number of aryl methyl sites for hydroxylation is 1. The number of hydrogen-bond donors (Lipinski definition) is 1. The van der Waals surface area contributed by atoms with Gasteiger partial charge in [-0.2, -0.15) is 0 Å². The Kier molecular flexibility index (Phi) is 12.9. The van der Waals surface area contributed by atoms with Crippen LogP contribution in [0.5, 0.6) is 0 Å². The fourth-order valence-electron chi connectivity index (χ4n) is 2.21. The average Bonchev–Trinajstić information content (AvgIpc) is 2.85. The highest BCUT2D eigenvalue weighted by molar-refractivity contribution is 8.93. The zero-order chi connectivity index (χ0) is 12.2. The van der Waals surface area contributed by atoms with Crippen LogP contribution in [-0.2, 0) is 6.42 Å². The zero-order valence-electron chi connectivity index (χ0n) is 11.8. The van der Waals surface area contributed by atoms with E-state index in [0.717, 1.165) is 12.2 Å². The number of nitrogens with one attached hydrogen (secondary N) is 1. The lowest BCUT2D eigenvalue weighted by molar-refractivity contribution is 0.554. The Morgan fingerprint density at radius 1 is 0.889 bits per heavy atom. The number of nitrogens with zero attached hydrogens (tertiary/aromatic N) is 1. The van der Waals surface area contributed by atoms with Crippen molar-refractivity contribution in [1.29, 1.82) is 0 Å². The molecule has 3 heteroatoms. The van der Waals surface area contributed by atoms with E-state index in [0.29, 0.717) is 0 Å². The second-order valence-corrected chi connectivity index (χ2v) is 4.97.